The molecule has 1 amide bonds. The summed E-state index contributed by atoms with van der Waals surface area (Å²) in [4.78, 5) is 23.3. The molecule has 0 spiro atoms. The largest absolute Gasteiger partial charge is 0.508 e. The van der Waals surface area contributed by atoms with E-state index in [1.165, 1.54) is 12.1 Å². The highest BCUT2D eigenvalue weighted by atomic mass is 16.5. The molecule has 1 aromatic heterocycles. The summed E-state index contributed by atoms with van der Waals surface area (Å²) >= 11 is 0. The van der Waals surface area contributed by atoms with Gasteiger partial charge >= 0.3 is 5.97 Å². The van der Waals surface area contributed by atoms with E-state index in [1.807, 2.05) is 0 Å². The number of nitrogens with one attached hydrogen (secondary N) is 2. The van der Waals surface area contributed by atoms with Gasteiger partial charge in [0.25, 0.3) is 0 Å². The number of carboxylic acid groups (broad SMARTS) is 1. The zero-order chi connectivity index (χ0) is 18.5. The number of aromatic hydroxyl groups is 1. The van der Waals surface area contributed by atoms with Gasteiger partial charge in [-0.2, -0.15) is 0 Å². The number of phenolic OH excluding ortho intramolecular Hbond substituents is 1. The maximum atomic E-state index is 12.4. The van der Waals surface area contributed by atoms with Crippen LogP contribution in [0.15, 0.2) is 34.9 Å². The number of nitrogens with zero attached hydrogens (tertiary/aromatic N) is 1. The van der Waals surface area contributed by atoms with Crippen molar-refractivity contribution in [1.82, 2.24) is 10.5 Å². The standard InChI is InChI=1S/C18H21N3O5/c22-15-3-1-2-13(8-15)20-17(23)7-11-4-5-19-10-12(11)6-14-9-16(18(24)25)26-21-14/h1-3,8-9,11-12,19,22H,4-7,10H2,(H,20,23)(H,24,25)/t11-,12+/m1/s1. The summed E-state index contributed by atoms with van der Waals surface area (Å²) < 4.78 is 4.80. The van der Waals surface area contributed by atoms with E-state index in [9.17, 15) is 14.7 Å². The number of anilines is 1. The third-order valence-electron chi connectivity index (χ3n) is 4.58. The Morgan fingerprint density at radius 2 is 2.15 bits per heavy atom. The lowest BCUT2D eigenvalue weighted by atomic mass is 9.81. The Morgan fingerprint density at radius 1 is 1.31 bits per heavy atom. The second kappa shape index (κ2) is 8.01. The summed E-state index contributed by atoms with van der Waals surface area (Å²) in [5, 5.41) is 28.3. The highest BCUT2D eigenvalue weighted by molar-refractivity contribution is 5.91. The SMILES string of the molecule is O=C(C[C@H]1CCNC[C@@H]1Cc1cc(C(=O)O)on1)Nc1cccc(O)c1. The Bertz CT molecular complexity index is 789. The second-order valence-electron chi connectivity index (χ2n) is 6.51. The van der Waals surface area contributed by atoms with E-state index in [1.54, 1.807) is 18.2 Å². The molecule has 2 aromatic rings. The smallest absolute Gasteiger partial charge is 0.374 e. The van der Waals surface area contributed by atoms with Gasteiger partial charge in [0.2, 0.25) is 11.7 Å². The van der Waals surface area contributed by atoms with Crippen molar-refractivity contribution in [2.24, 2.45) is 11.8 Å². The van der Waals surface area contributed by atoms with Crippen LogP contribution in [-0.4, -0.2) is 40.3 Å². The first-order valence-corrected chi connectivity index (χ1v) is 8.50. The number of hydrogen-bond acceptors (Lipinski definition) is 6. The van der Waals surface area contributed by atoms with Crippen LogP contribution in [0.25, 0.3) is 0 Å². The van der Waals surface area contributed by atoms with Gasteiger partial charge in [-0.1, -0.05) is 11.2 Å². The monoisotopic (exact) mass is 359 g/mol. The number of carboxylic acids is 1. The zero-order valence-electron chi connectivity index (χ0n) is 14.1. The number of carbonyl (C=O) groups excluding carboxylic acids is 1. The Hall–Kier alpha value is -2.87. The molecule has 1 aliphatic rings. The Balaban J connectivity index is 1.60. The Kier molecular flexibility index (Phi) is 5.52. The molecule has 4 N–H and O–H groups in total. The maximum absolute atomic E-state index is 12.4. The lowest BCUT2D eigenvalue weighted by Crippen LogP contribution is -2.39. The first-order chi connectivity index (χ1) is 12.5. The quantitative estimate of drug-likeness (QED) is 0.620. The molecule has 1 fully saturated rings. The van der Waals surface area contributed by atoms with Gasteiger partial charge in [0.05, 0.1) is 5.69 Å². The van der Waals surface area contributed by atoms with Crippen molar-refractivity contribution < 1.29 is 24.3 Å². The van der Waals surface area contributed by atoms with Crippen LogP contribution in [0.1, 0.15) is 29.1 Å². The van der Waals surface area contributed by atoms with Gasteiger partial charge in [-0.3, -0.25) is 4.79 Å². The van der Waals surface area contributed by atoms with Gasteiger partial charge in [-0.25, -0.2) is 4.79 Å². The van der Waals surface area contributed by atoms with Crippen LogP contribution in [0.2, 0.25) is 0 Å². The van der Waals surface area contributed by atoms with Gasteiger partial charge in [0.1, 0.15) is 5.75 Å². The van der Waals surface area contributed by atoms with E-state index in [0.717, 1.165) is 19.5 Å². The summed E-state index contributed by atoms with van der Waals surface area (Å²) in [6.07, 6.45) is 1.75. The van der Waals surface area contributed by atoms with Crippen molar-refractivity contribution in [2.75, 3.05) is 18.4 Å². The van der Waals surface area contributed by atoms with Crippen molar-refractivity contribution in [2.45, 2.75) is 19.3 Å². The van der Waals surface area contributed by atoms with E-state index in [4.69, 9.17) is 9.63 Å². The van der Waals surface area contributed by atoms with Gasteiger partial charge in [0, 0.05) is 24.2 Å². The number of carbonyl (C=O) groups is 2. The number of amides is 1. The summed E-state index contributed by atoms with van der Waals surface area (Å²) in [7, 11) is 0. The molecule has 3 rings (SSSR count). The zero-order valence-corrected chi connectivity index (χ0v) is 14.1. The number of hydrogen-bond donors (Lipinski definition) is 4. The van der Waals surface area contributed by atoms with E-state index in [-0.39, 0.29) is 29.3 Å². The number of phenols is 1. The van der Waals surface area contributed by atoms with Crippen LogP contribution in [-0.2, 0) is 11.2 Å². The minimum Gasteiger partial charge on any atom is -0.508 e. The number of aromatic nitrogens is 1. The molecule has 0 unspecified atom stereocenters. The first-order valence-electron chi connectivity index (χ1n) is 8.50. The molecule has 2 heterocycles. The number of rotatable bonds is 6. The summed E-state index contributed by atoms with van der Waals surface area (Å²) in [5.41, 5.74) is 1.14. The molecule has 0 bridgehead atoms. The molecule has 8 heteroatoms. The van der Waals surface area contributed by atoms with E-state index >= 15 is 0 Å². The van der Waals surface area contributed by atoms with E-state index < -0.39 is 5.97 Å². The topological polar surface area (TPSA) is 125 Å². The lowest BCUT2D eigenvalue weighted by Gasteiger charge is -2.31. The van der Waals surface area contributed by atoms with Crippen LogP contribution in [0, 0.1) is 11.8 Å². The minimum absolute atomic E-state index is 0.0998. The molecule has 138 valence electrons. The summed E-state index contributed by atoms with van der Waals surface area (Å²) in [5.74, 6) is -1.03. The van der Waals surface area contributed by atoms with Crippen molar-refractivity contribution >= 4 is 17.6 Å². The predicted octanol–water partition coefficient (Wildman–Crippen LogP) is 1.88. The van der Waals surface area contributed by atoms with Crippen molar-refractivity contribution in [1.29, 1.82) is 0 Å². The molecule has 1 aliphatic heterocycles. The predicted molar refractivity (Wildman–Crippen MR) is 93.0 cm³/mol. The first kappa shape index (κ1) is 17.9. The molecule has 2 atom stereocenters. The molecule has 0 radical (unpaired) electrons. The average molecular weight is 359 g/mol. The molecular formula is C18H21N3O5. The number of benzene rings is 1. The summed E-state index contributed by atoms with van der Waals surface area (Å²) in [6, 6.07) is 7.87. The van der Waals surface area contributed by atoms with E-state index in [0.29, 0.717) is 24.2 Å². The van der Waals surface area contributed by atoms with Crippen LogP contribution in [0.4, 0.5) is 5.69 Å². The molecule has 0 aliphatic carbocycles. The maximum Gasteiger partial charge on any atom is 0.374 e. The fourth-order valence-electron chi connectivity index (χ4n) is 3.30. The lowest BCUT2D eigenvalue weighted by molar-refractivity contribution is -0.117. The minimum atomic E-state index is -1.15. The fourth-order valence-corrected chi connectivity index (χ4v) is 3.30. The Morgan fingerprint density at radius 3 is 2.88 bits per heavy atom. The van der Waals surface area contributed by atoms with Crippen LogP contribution in [0.3, 0.4) is 0 Å². The number of piperidine rings is 1. The van der Waals surface area contributed by atoms with Crippen molar-refractivity contribution in [3.05, 3.63) is 41.8 Å². The molecule has 26 heavy (non-hydrogen) atoms. The molecule has 8 nitrogen and oxygen atoms in total. The third kappa shape index (κ3) is 4.60. The second-order valence-corrected chi connectivity index (χ2v) is 6.51. The number of aromatic carboxylic acids is 1. The van der Waals surface area contributed by atoms with Gasteiger partial charge < -0.3 is 25.4 Å². The third-order valence-corrected chi connectivity index (χ3v) is 4.58. The fraction of sp³-hybridized carbons (Fsp3) is 0.389. The van der Waals surface area contributed by atoms with Crippen molar-refractivity contribution in [3.8, 4) is 5.75 Å². The molecular weight excluding hydrogens is 338 g/mol. The molecule has 1 aromatic carbocycles. The van der Waals surface area contributed by atoms with Crippen molar-refractivity contribution in [3.63, 3.8) is 0 Å². The van der Waals surface area contributed by atoms with Gasteiger partial charge in [0.15, 0.2) is 0 Å². The average Bonchev–Trinajstić information content (AvgIpc) is 3.05. The van der Waals surface area contributed by atoms with E-state index in [2.05, 4.69) is 15.8 Å². The van der Waals surface area contributed by atoms with Crippen LogP contribution < -0.4 is 10.6 Å². The highest BCUT2D eigenvalue weighted by Gasteiger charge is 2.28. The van der Waals surface area contributed by atoms with Gasteiger partial charge in [-0.15, -0.1) is 0 Å². The summed E-state index contributed by atoms with van der Waals surface area (Å²) in [6.45, 7) is 1.57. The Labute approximate surface area is 150 Å². The highest BCUT2D eigenvalue weighted by Crippen LogP contribution is 2.27. The normalized spacial score (nSPS) is 19.8. The van der Waals surface area contributed by atoms with Gasteiger partial charge in [-0.05, 0) is 49.9 Å². The van der Waals surface area contributed by atoms with Crippen LogP contribution >= 0.6 is 0 Å². The van der Waals surface area contributed by atoms with Crippen LogP contribution in [0.5, 0.6) is 5.75 Å². The molecule has 0 saturated carbocycles. The molecule has 1 saturated heterocycles.